The lowest BCUT2D eigenvalue weighted by Gasteiger charge is -2.26. The summed E-state index contributed by atoms with van der Waals surface area (Å²) in [6, 6.07) is 24.3. The number of ether oxygens (including phenoxy) is 1. The van der Waals surface area contributed by atoms with E-state index >= 15 is 0 Å². The van der Waals surface area contributed by atoms with Crippen LogP contribution in [0, 0.1) is 0 Å². The summed E-state index contributed by atoms with van der Waals surface area (Å²) in [6.45, 7) is 1.98. The molecule has 180 valence electrons. The lowest BCUT2D eigenvalue weighted by Crippen LogP contribution is -2.47. The van der Waals surface area contributed by atoms with Crippen molar-refractivity contribution in [1.29, 1.82) is 0 Å². The maximum absolute atomic E-state index is 13.2. The number of carboxylic acid groups (broad SMARTS) is 1. The molecule has 4 rings (SSSR count). The van der Waals surface area contributed by atoms with Gasteiger partial charge in [0.05, 0.1) is 0 Å². The minimum Gasteiger partial charge on any atom is -0.481 e. The molecule has 1 aliphatic rings. The van der Waals surface area contributed by atoms with Crippen molar-refractivity contribution in [3.05, 3.63) is 90.0 Å². The van der Waals surface area contributed by atoms with E-state index in [4.69, 9.17) is 9.84 Å². The highest BCUT2D eigenvalue weighted by Gasteiger charge is 2.30. The highest BCUT2D eigenvalue weighted by Crippen LogP contribution is 2.44. The number of alkyl carbamates (subject to hydrolysis) is 1. The summed E-state index contributed by atoms with van der Waals surface area (Å²) in [6.07, 6.45) is -0.426. The number of hydrogen-bond donors (Lipinski definition) is 2. The Morgan fingerprint density at radius 1 is 0.914 bits per heavy atom. The van der Waals surface area contributed by atoms with Crippen LogP contribution in [-0.4, -0.2) is 42.3 Å². The number of fused-ring (bicyclic) bond motifs is 3. The van der Waals surface area contributed by atoms with Gasteiger partial charge >= 0.3 is 12.1 Å². The van der Waals surface area contributed by atoms with Crippen molar-refractivity contribution in [1.82, 2.24) is 5.32 Å². The number of nitrogens with one attached hydrogen (secondary N) is 1. The average Bonchev–Trinajstić information content (AvgIpc) is 3.19. The minimum absolute atomic E-state index is 0.0508. The smallest absolute Gasteiger partial charge is 0.407 e. The van der Waals surface area contributed by atoms with Crippen LogP contribution in [0.1, 0.15) is 36.8 Å². The molecule has 0 unspecified atom stereocenters. The topological polar surface area (TPSA) is 95.9 Å². The number of benzene rings is 3. The van der Waals surface area contributed by atoms with E-state index in [0.29, 0.717) is 12.1 Å². The first-order valence-corrected chi connectivity index (χ1v) is 11.7. The van der Waals surface area contributed by atoms with Gasteiger partial charge in [0, 0.05) is 24.6 Å². The first-order valence-electron chi connectivity index (χ1n) is 11.7. The molecule has 7 heteroatoms. The second-order valence-electron chi connectivity index (χ2n) is 8.51. The predicted molar refractivity (Wildman–Crippen MR) is 133 cm³/mol. The zero-order valence-corrected chi connectivity index (χ0v) is 19.5. The Bertz CT molecular complexity index is 1170. The SMILES string of the molecule is C[C@H](NC(=O)OCC1c2ccccc2-c2ccccc21)C(=O)N(CCCC(=O)O)c1ccccc1. The summed E-state index contributed by atoms with van der Waals surface area (Å²) >= 11 is 0. The molecule has 0 heterocycles. The summed E-state index contributed by atoms with van der Waals surface area (Å²) in [4.78, 5) is 38.2. The van der Waals surface area contributed by atoms with Crippen LogP contribution in [0.3, 0.4) is 0 Å². The fourth-order valence-electron chi connectivity index (χ4n) is 4.48. The van der Waals surface area contributed by atoms with E-state index in [9.17, 15) is 14.4 Å². The van der Waals surface area contributed by atoms with Crippen LogP contribution in [0.25, 0.3) is 11.1 Å². The molecule has 35 heavy (non-hydrogen) atoms. The van der Waals surface area contributed by atoms with E-state index in [1.54, 1.807) is 31.2 Å². The van der Waals surface area contributed by atoms with Crippen LogP contribution in [-0.2, 0) is 14.3 Å². The van der Waals surface area contributed by atoms with Crippen LogP contribution in [0.4, 0.5) is 10.5 Å². The summed E-state index contributed by atoms with van der Waals surface area (Å²) < 4.78 is 5.56. The van der Waals surface area contributed by atoms with Gasteiger partial charge in [0.1, 0.15) is 12.6 Å². The molecule has 0 aromatic heterocycles. The Kier molecular flexibility index (Phi) is 7.45. The van der Waals surface area contributed by atoms with Gasteiger partial charge in [0.15, 0.2) is 0 Å². The van der Waals surface area contributed by atoms with Crippen LogP contribution in [0.5, 0.6) is 0 Å². The van der Waals surface area contributed by atoms with Crippen molar-refractivity contribution in [3.63, 3.8) is 0 Å². The molecule has 0 spiro atoms. The molecule has 7 nitrogen and oxygen atoms in total. The molecule has 0 aliphatic heterocycles. The number of nitrogens with zero attached hydrogens (tertiary/aromatic N) is 1. The fourth-order valence-corrected chi connectivity index (χ4v) is 4.48. The lowest BCUT2D eigenvalue weighted by molar-refractivity contribution is -0.137. The van der Waals surface area contributed by atoms with Gasteiger partial charge in [-0.2, -0.15) is 0 Å². The van der Waals surface area contributed by atoms with Gasteiger partial charge in [0.25, 0.3) is 0 Å². The van der Waals surface area contributed by atoms with Gasteiger partial charge in [-0.15, -0.1) is 0 Å². The number of aliphatic carboxylic acids is 1. The highest BCUT2D eigenvalue weighted by atomic mass is 16.5. The largest absolute Gasteiger partial charge is 0.481 e. The number of carbonyl (C=O) groups is 3. The zero-order chi connectivity index (χ0) is 24.8. The monoisotopic (exact) mass is 472 g/mol. The molecule has 2 N–H and O–H groups in total. The molecule has 0 saturated carbocycles. The van der Waals surface area contributed by atoms with Gasteiger partial charge in [0.2, 0.25) is 5.91 Å². The summed E-state index contributed by atoms with van der Waals surface area (Å²) in [7, 11) is 0. The second kappa shape index (κ2) is 10.9. The standard InChI is InChI=1S/C28H28N2O5/c1-19(27(33)30(17-9-16-26(31)32)20-10-3-2-4-11-20)29-28(34)35-18-25-23-14-7-5-12-21(23)22-13-6-8-15-24(22)25/h2-8,10-15,19,25H,9,16-18H2,1H3,(H,29,34)(H,31,32)/t19-/m0/s1. The highest BCUT2D eigenvalue weighted by molar-refractivity contribution is 5.98. The average molecular weight is 473 g/mol. The molecule has 0 saturated heterocycles. The molecule has 2 amide bonds. The predicted octanol–water partition coefficient (Wildman–Crippen LogP) is 4.81. The van der Waals surface area contributed by atoms with Crippen molar-refractivity contribution in [2.24, 2.45) is 0 Å². The maximum atomic E-state index is 13.2. The number of carbonyl (C=O) groups excluding carboxylic acids is 2. The summed E-state index contributed by atoms with van der Waals surface area (Å²) in [5.41, 5.74) is 5.14. The number of rotatable bonds is 9. The number of carboxylic acids is 1. The van der Waals surface area contributed by atoms with Crippen molar-refractivity contribution in [2.45, 2.75) is 31.7 Å². The Hall–Kier alpha value is -4.13. The van der Waals surface area contributed by atoms with Crippen molar-refractivity contribution >= 4 is 23.7 Å². The molecule has 0 bridgehead atoms. The minimum atomic E-state index is -0.921. The lowest BCUT2D eigenvalue weighted by atomic mass is 9.98. The maximum Gasteiger partial charge on any atom is 0.407 e. The molecule has 3 aromatic rings. The Morgan fingerprint density at radius 3 is 2.09 bits per heavy atom. The molecule has 0 fully saturated rings. The third kappa shape index (κ3) is 5.51. The molecule has 1 atom stereocenters. The quantitative estimate of drug-likeness (QED) is 0.466. The third-order valence-electron chi connectivity index (χ3n) is 6.15. The van der Waals surface area contributed by atoms with E-state index in [2.05, 4.69) is 17.4 Å². The molecular formula is C28H28N2O5. The Morgan fingerprint density at radius 2 is 1.49 bits per heavy atom. The summed E-state index contributed by atoms with van der Waals surface area (Å²) in [5, 5.41) is 11.6. The zero-order valence-electron chi connectivity index (χ0n) is 19.5. The number of anilines is 1. The Labute approximate surface area is 204 Å². The van der Waals surface area contributed by atoms with Crippen molar-refractivity contribution in [2.75, 3.05) is 18.1 Å². The molecule has 1 aliphatic carbocycles. The Balaban J connectivity index is 1.39. The molecular weight excluding hydrogens is 444 g/mol. The van der Waals surface area contributed by atoms with E-state index in [0.717, 1.165) is 22.3 Å². The first-order chi connectivity index (χ1) is 17.0. The van der Waals surface area contributed by atoms with Crippen LogP contribution in [0.2, 0.25) is 0 Å². The van der Waals surface area contributed by atoms with Crippen molar-refractivity contribution < 1.29 is 24.2 Å². The van der Waals surface area contributed by atoms with Crippen LogP contribution >= 0.6 is 0 Å². The molecule has 0 radical (unpaired) electrons. The normalized spacial score (nSPS) is 12.8. The van der Waals surface area contributed by atoms with Gasteiger partial charge in [-0.3, -0.25) is 9.59 Å². The van der Waals surface area contributed by atoms with Crippen LogP contribution < -0.4 is 10.2 Å². The third-order valence-corrected chi connectivity index (χ3v) is 6.15. The van der Waals surface area contributed by atoms with E-state index < -0.39 is 18.1 Å². The van der Waals surface area contributed by atoms with E-state index in [1.165, 1.54) is 4.90 Å². The van der Waals surface area contributed by atoms with Gasteiger partial charge in [-0.25, -0.2) is 4.79 Å². The fraction of sp³-hybridized carbons (Fsp3) is 0.250. The second-order valence-corrected chi connectivity index (χ2v) is 8.51. The van der Waals surface area contributed by atoms with E-state index in [-0.39, 0.29) is 31.4 Å². The van der Waals surface area contributed by atoms with Gasteiger partial charge in [-0.1, -0.05) is 66.7 Å². The van der Waals surface area contributed by atoms with Gasteiger partial charge < -0.3 is 20.1 Å². The molecule has 3 aromatic carbocycles. The van der Waals surface area contributed by atoms with Crippen molar-refractivity contribution in [3.8, 4) is 11.1 Å². The number of hydrogen-bond acceptors (Lipinski definition) is 4. The van der Waals surface area contributed by atoms with Crippen LogP contribution in [0.15, 0.2) is 78.9 Å². The van der Waals surface area contributed by atoms with E-state index in [1.807, 2.05) is 42.5 Å². The number of amides is 2. The number of para-hydroxylation sites is 1. The van der Waals surface area contributed by atoms with Gasteiger partial charge in [-0.05, 0) is 47.7 Å². The summed E-state index contributed by atoms with van der Waals surface area (Å²) in [5.74, 6) is -1.33. The first kappa shape index (κ1) is 24.0.